The minimum atomic E-state index is -0.976. The number of aliphatic hydroxyl groups is 1. The normalized spacial score (nSPS) is 23.4. The number of benzene rings is 3. The van der Waals surface area contributed by atoms with Crippen molar-refractivity contribution in [2.24, 2.45) is 5.92 Å². The number of halogens is 1. The summed E-state index contributed by atoms with van der Waals surface area (Å²) in [4.78, 5) is 55.5. The van der Waals surface area contributed by atoms with E-state index in [0.717, 1.165) is 100 Å². The predicted octanol–water partition coefficient (Wildman–Crippen LogP) is 8.15. The average molecular weight is 1050 g/mol. The molecule has 0 spiro atoms. The third kappa shape index (κ3) is 10.3. The molecule has 4 aromatic heterocycles. The molecular formula is C58H64FN11O7. The summed E-state index contributed by atoms with van der Waals surface area (Å²) >= 11 is 0. The van der Waals surface area contributed by atoms with E-state index < -0.39 is 24.0 Å². The largest absolute Gasteiger partial charge is 0.507 e. The van der Waals surface area contributed by atoms with Gasteiger partial charge in [-0.15, -0.1) is 10.2 Å². The van der Waals surface area contributed by atoms with Gasteiger partial charge in [-0.05, 0) is 129 Å². The van der Waals surface area contributed by atoms with E-state index in [1.807, 2.05) is 38.2 Å². The molecule has 12 rings (SSSR count). The maximum Gasteiger partial charge on any atom is 0.275 e. The van der Waals surface area contributed by atoms with Gasteiger partial charge >= 0.3 is 0 Å². The first kappa shape index (κ1) is 50.2. The number of fused-ring (bicyclic) bond motifs is 3. The second-order valence-corrected chi connectivity index (χ2v) is 21.8. The summed E-state index contributed by atoms with van der Waals surface area (Å²) in [6.07, 6.45) is 13.3. The number of piperazine rings is 1. The van der Waals surface area contributed by atoms with Crippen molar-refractivity contribution in [1.82, 2.24) is 45.6 Å². The van der Waals surface area contributed by atoms with E-state index in [4.69, 9.17) is 24.1 Å². The highest BCUT2D eigenvalue weighted by molar-refractivity contribution is 5.93. The summed E-state index contributed by atoms with van der Waals surface area (Å²) < 4.78 is 26.5. The number of phenols is 1. The summed E-state index contributed by atoms with van der Waals surface area (Å²) in [7, 11) is 0. The number of hydrogen-bond donors (Lipinski definition) is 4. The van der Waals surface area contributed by atoms with Gasteiger partial charge in [0.1, 0.15) is 29.6 Å². The molecule has 0 radical (unpaired) electrons. The molecule has 18 nitrogen and oxygen atoms in total. The van der Waals surface area contributed by atoms with Crippen molar-refractivity contribution in [2.75, 3.05) is 42.5 Å². The molecular weight excluding hydrogens is 982 g/mol. The number of aromatic hydroxyl groups is 1. The van der Waals surface area contributed by atoms with Crippen molar-refractivity contribution < 1.29 is 38.3 Å². The van der Waals surface area contributed by atoms with E-state index in [9.17, 15) is 24.2 Å². The Hall–Kier alpha value is -7.64. The van der Waals surface area contributed by atoms with Crippen molar-refractivity contribution >= 4 is 34.5 Å². The van der Waals surface area contributed by atoms with Crippen LogP contribution in [0.15, 0.2) is 108 Å². The van der Waals surface area contributed by atoms with Crippen molar-refractivity contribution in [3.05, 3.63) is 121 Å². The first-order chi connectivity index (χ1) is 37.5. The number of nitrogens with zero attached hydrogens (tertiary/aromatic N) is 9. The second kappa shape index (κ2) is 21.4. The summed E-state index contributed by atoms with van der Waals surface area (Å²) in [5.41, 5.74) is 7.88. The molecule has 2 amide bonds. The van der Waals surface area contributed by atoms with Crippen LogP contribution in [0, 0.1) is 11.7 Å². The molecule has 400 valence electrons. The Kier molecular flexibility index (Phi) is 14.0. The van der Waals surface area contributed by atoms with Crippen molar-refractivity contribution in [3.8, 4) is 39.8 Å². The lowest BCUT2D eigenvalue weighted by Crippen LogP contribution is -2.54. The lowest BCUT2D eigenvalue weighted by molar-refractivity contribution is -0.143. The number of aliphatic hydroxyl groups excluding tert-OH is 1. The van der Waals surface area contributed by atoms with Crippen LogP contribution in [-0.2, 0) is 9.59 Å². The molecule has 1 aliphatic carbocycles. The molecule has 8 heterocycles. The number of nitrogens with one attached hydrogen (secondary N) is 2. The molecule has 4 N–H and O–H groups in total. The van der Waals surface area contributed by atoms with E-state index in [0.29, 0.717) is 63.8 Å². The Balaban J connectivity index is 0.600. The molecule has 77 heavy (non-hydrogen) atoms. The number of carbonyl (C=O) groups is 2. The maximum atomic E-state index is 14.3. The number of H-pyrrole nitrogens is 1. The van der Waals surface area contributed by atoms with Crippen molar-refractivity contribution in [3.63, 3.8) is 0 Å². The number of para-hydroxylation sites is 1. The molecule has 2 unspecified atom stereocenters. The minimum absolute atomic E-state index is 0.0185. The summed E-state index contributed by atoms with van der Waals surface area (Å²) in [6.45, 7) is 7.55. The van der Waals surface area contributed by atoms with Gasteiger partial charge in [0.25, 0.3) is 11.8 Å². The number of hydrogen-bond acceptors (Lipinski definition) is 15. The number of amides is 2. The monoisotopic (exact) mass is 1050 g/mol. The van der Waals surface area contributed by atoms with Crippen molar-refractivity contribution in [1.29, 1.82) is 0 Å². The van der Waals surface area contributed by atoms with Crippen molar-refractivity contribution in [2.45, 2.75) is 120 Å². The number of ether oxygens (including phenoxy) is 1. The highest BCUT2D eigenvalue weighted by atomic mass is 19.1. The zero-order valence-electron chi connectivity index (χ0n) is 43.2. The Morgan fingerprint density at radius 2 is 1.53 bits per heavy atom. The molecule has 4 saturated heterocycles. The topological polar surface area (TPSA) is 211 Å². The number of aromatic nitrogens is 6. The van der Waals surface area contributed by atoms with Gasteiger partial charge in [-0.3, -0.25) is 9.59 Å². The molecule has 3 aromatic carbocycles. The number of aromatic amines is 1. The molecule has 1 saturated carbocycles. The quantitative estimate of drug-likeness (QED) is 0.0757. The fourth-order valence-corrected chi connectivity index (χ4v) is 12.7. The number of phenolic OH excluding ortho intramolecular Hbond substituents is 1. The van der Waals surface area contributed by atoms with E-state index in [1.165, 1.54) is 16.5 Å². The summed E-state index contributed by atoms with van der Waals surface area (Å²) in [6, 6.07) is 24.1. The van der Waals surface area contributed by atoms with E-state index in [1.54, 1.807) is 60.7 Å². The van der Waals surface area contributed by atoms with Crippen LogP contribution in [0.2, 0.25) is 0 Å². The first-order valence-corrected chi connectivity index (χ1v) is 27.2. The van der Waals surface area contributed by atoms with Gasteiger partial charge in [0.2, 0.25) is 11.9 Å². The van der Waals surface area contributed by atoms with E-state index in [-0.39, 0.29) is 42.5 Å². The molecule has 19 heteroatoms. The molecule has 5 atom stereocenters. The van der Waals surface area contributed by atoms with Gasteiger partial charge in [0.15, 0.2) is 17.2 Å². The number of anilines is 2. The Labute approximate surface area is 445 Å². The highest BCUT2D eigenvalue weighted by Crippen LogP contribution is 2.40. The van der Waals surface area contributed by atoms with Crippen LogP contribution in [0.25, 0.3) is 33.4 Å². The Bertz CT molecular complexity index is 3200. The van der Waals surface area contributed by atoms with Crippen LogP contribution in [0.4, 0.5) is 16.0 Å². The van der Waals surface area contributed by atoms with Gasteiger partial charge in [0, 0.05) is 85.4 Å². The fraction of sp³-hybridized carbons (Fsp3) is 0.431. The van der Waals surface area contributed by atoms with Crippen LogP contribution < -0.4 is 24.9 Å². The Morgan fingerprint density at radius 3 is 2.25 bits per heavy atom. The molecule has 7 aromatic rings. The van der Waals surface area contributed by atoms with Crippen LogP contribution in [0.5, 0.6) is 17.4 Å². The van der Waals surface area contributed by atoms with Gasteiger partial charge < -0.3 is 48.9 Å². The van der Waals surface area contributed by atoms with Gasteiger partial charge in [-0.1, -0.05) is 56.3 Å². The van der Waals surface area contributed by atoms with Crippen LogP contribution in [0.3, 0.4) is 0 Å². The molecule has 4 aliphatic heterocycles. The van der Waals surface area contributed by atoms with Gasteiger partial charge in [-0.2, -0.15) is 5.48 Å². The highest BCUT2D eigenvalue weighted by Gasteiger charge is 2.45. The number of β-amino-alcohol motifs (C(OH)–C–C–N with tert-alkyl or cyclic N) is 1. The zero-order chi connectivity index (χ0) is 52.7. The number of hydroxylamine groups is 1. The number of likely N-dealkylation sites (tertiary alicyclic amines) is 2. The third-order valence-corrected chi connectivity index (χ3v) is 16.7. The smallest absolute Gasteiger partial charge is 0.275 e. The van der Waals surface area contributed by atoms with Crippen LogP contribution >= 0.6 is 0 Å². The first-order valence-electron chi connectivity index (χ1n) is 27.2. The van der Waals surface area contributed by atoms with Crippen LogP contribution in [0.1, 0.15) is 94.8 Å². The summed E-state index contributed by atoms with van der Waals surface area (Å²) in [5, 5.41) is 35.2. The minimum Gasteiger partial charge on any atom is -0.507 e. The molecule has 5 aliphatic rings. The van der Waals surface area contributed by atoms with E-state index >= 15 is 0 Å². The number of piperidine rings is 1. The lowest BCUT2D eigenvalue weighted by Gasteiger charge is -2.42. The maximum absolute atomic E-state index is 14.3. The van der Waals surface area contributed by atoms with E-state index in [2.05, 4.69) is 52.9 Å². The second-order valence-electron chi connectivity index (χ2n) is 21.8. The number of rotatable bonds is 14. The summed E-state index contributed by atoms with van der Waals surface area (Å²) in [5.74, 6) is 0.145. The van der Waals surface area contributed by atoms with Crippen LogP contribution in [-0.4, -0.2) is 131 Å². The van der Waals surface area contributed by atoms with Gasteiger partial charge in [0.05, 0.1) is 17.5 Å². The Morgan fingerprint density at radius 1 is 0.831 bits per heavy atom. The zero-order valence-corrected chi connectivity index (χ0v) is 43.2. The average Bonchev–Trinajstić information content (AvgIpc) is 4.26. The third-order valence-electron chi connectivity index (χ3n) is 16.7. The standard InChI is InChI=1S/C58H64FN11O7/c1-34(2)54(57(74)69-33-41(71)25-49(69)56(73)66-76-43-17-11-36(12-18-43)44-7-3-5-9-47(44)59)52-27-53(65-77-52)75-42-19-15-38(16-20-42)67-23-21-35(22-24-67)37-28-61-58(62-29-37)70-39-13-14-40(70)32-68(31-39)50-30-60-55-46(50)26-48(63-64-55)45-8-4-6-10-51(45)72/h3-12,17-18,26-30,34-35,38-42,49,54,71-72H,13-16,19-25,31-33H2,1-2H3,(H,60,64)(H,66,73)/t38?,39?,40?,41-,42?,49+,54-/m1/s1. The van der Waals surface area contributed by atoms with Gasteiger partial charge in [-0.25, -0.2) is 14.4 Å². The molecule has 5 fully saturated rings. The lowest BCUT2D eigenvalue weighted by atomic mass is 9.87. The predicted molar refractivity (Wildman–Crippen MR) is 286 cm³/mol. The SMILES string of the molecule is CC(C)[C@@H](C(=O)N1C[C@H](O)C[C@H]1C(=O)NOc1ccc(-c2ccccc2F)cc1)c1cc(OC2CCC(N3CCC(c4cnc(N5C6CCC5CN(c5c[nH]c7nnc(-c8ccccc8O)cc57)C6)nc4)CC3)CC2)no1. The number of carbonyl (C=O) groups excluding carboxylic acids is 2. The molecule has 2 bridgehead atoms. The fourth-order valence-electron chi connectivity index (χ4n) is 12.7.